The predicted octanol–water partition coefficient (Wildman–Crippen LogP) is 2.57. The molecule has 202 valence electrons. The fourth-order valence-electron chi connectivity index (χ4n) is 5.46. The topological polar surface area (TPSA) is 152 Å². The molecule has 0 saturated heterocycles. The largest absolute Gasteiger partial charge is 0.507 e. The van der Waals surface area contributed by atoms with Crippen molar-refractivity contribution in [1.29, 1.82) is 0 Å². The van der Waals surface area contributed by atoms with Crippen LogP contribution in [0.25, 0.3) is 5.69 Å². The maximum absolute atomic E-state index is 14.0. The Hall–Kier alpha value is -4.05. The highest BCUT2D eigenvalue weighted by Gasteiger charge is 2.49. The van der Waals surface area contributed by atoms with Gasteiger partial charge >= 0.3 is 5.69 Å². The number of nitrogens with zero attached hydrogens (tertiary/aromatic N) is 2. The molecule has 1 aliphatic heterocycles. The molecule has 10 nitrogen and oxygen atoms in total. The maximum Gasteiger partial charge on any atom is 0.337 e. The van der Waals surface area contributed by atoms with Crippen LogP contribution in [0.15, 0.2) is 27.8 Å². The smallest absolute Gasteiger partial charge is 0.337 e. The lowest BCUT2D eigenvalue weighted by atomic mass is 9.78. The van der Waals surface area contributed by atoms with Gasteiger partial charge in [-0.1, -0.05) is 12.1 Å². The molecular formula is C28H34N4O6. The quantitative estimate of drug-likeness (QED) is 0.450. The number of anilines is 1. The van der Waals surface area contributed by atoms with E-state index in [2.05, 4.69) is 0 Å². The number of carbonyl (C=O) groups excluding carboxylic acids is 1. The van der Waals surface area contributed by atoms with Crippen LogP contribution in [0.5, 0.6) is 11.5 Å². The van der Waals surface area contributed by atoms with Crippen LogP contribution < -0.4 is 27.5 Å². The fraction of sp³-hybridized carbons (Fsp3) is 0.393. The third-order valence-electron chi connectivity index (χ3n) is 7.60. The molecule has 4 rings (SSSR count). The van der Waals surface area contributed by atoms with E-state index in [1.807, 2.05) is 26.0 Å². The van der Waals surface area contributed by atoms with Crippen LogP contribution >= 0.6 is 0 Å². The Morgan fingerprint density at radius 1 is 1.11 bits per heavy atom. The lowest BCUT2D eigenvalue weighted by molar-refractivity contribution is 0.0976. The zero-order valence-corrected chi connectivity index (χ0v) is 22.8. The van der Waals surface area contributed by atoms with Crippen molar-refractivity contribution in [1.82, 2.24) is 9.13 Å². The van der Waals surface area contributed by atoms with E-state index in [1.165, 1.54) is 11.7 Å². The number of phenolic OH excluding ortho intramolecular Hbond substituents is 1. The number of rotatable bonds is 6. The molecule has 1 aliphatic rings. The summed E-state index contributed by atoms with van der Waals surface area (Å²) in [6, 6.07) is 5.51. The van der Waals surface area contributed by atoms with Crippen LogP contribution in [0.1, 0.15) is 63.5 Å². The van der Waals surface area contributed by atoms with Crippen molar-refractivity contribution in [2.45, 2.75) is 59.6 Å². The summed E-state index contributed by atoms with van der Waals surface area (Å²) in [4.78, 5) is 40.2. The molecule has 1 unspecified atom stereocenters. The second-order valence-corrected chi connectivity index (χ2v) is 10.3. The van der Waals surface area contributed by atoms with Gasteiger partial charge in [-0.15, -0.1) is 0 Å². The van der Waals surface area contributed by atoms with Gasteiger partial charge in [-0.2, -0.15) is 0 Å². The molecule has 1 amide bonds. The summed E-state index contributed by atoms with van der Waals surface area (Å²) in [6.45, 7) is 10.7. The summed E-state index contributed by atoms with van der Waals surface area (Å²) < 4.78 is 13.9. The summed E-state index contributed by atoms with van der Waals surface area (Å²) in [7, 11) is 1.48. The molecular weight excluding hydrogens is 488 g/mol. The van der Waals surface area contributed by atoms with Crippen LogP contribution in [0.2, 0.25) is 0 Å². The van der Waals surface area contributed by atoms with Crippen molar-refractivity contribution in [3.8, 4) is 17.2 Å². The molecule has 0 radical (unpaired) electrons. The van der Waals surface area contributed by atoms with Crippen molar-refractivity contribution in [3.63, 3.8) is 0 Å². The SMILES string of the molecule is COCCn1c(=O)c(C2c3c(C)c(O)c(C)c(C(N)=O)c3OC2(C)C)c(N)n(-c2cccc(C)c2C)c1=O. The average Bonchev–Trinajstić information content (AvgIpc) is 3.10. The number of amides is 1. The Morgan fingerprint density at radius 2 is 1.76 bits per heavy atom. The first-order valence-corrected chi connectivity index (χ1v) is 12.3. The van der Waals surface area contributed by atoms with Gasteiger partial charge in [0.2, 0.25) is 0 Å². The molecule has 10 heteroatoms. The standard InChI is InChI=1S/C28H34N4O6/c1-13-9-8-10-17(14(13)2)32-24(29)20(26(35)31(27(32)36)11-12-37-7)21-18-15(3)22(33)16(4)19(25(30)34)23(18)38-28(21,5)6/h8-10,21,33H,11-12,29H2,1-7H3,(H2,30,34). The number of aryl methyl sites for hydroxylation is 1. The molecule has 2 heterocycles. The number of aromatic hydroxyl groups is 1. The molecule has 1 atom stereocenters. The molecule has 0 bridgehead atoms. The van der Waals surface area contributed by atoms with E-state index in [0.717, 1.165) is 15.7 Å². The van der Waals surface area contributed by atoms with E-state index in [1.54, 1.807) is 33.8 Å². The Kier molecular flexibility index (Phi) is 6.65. The normalized spacial score (nSPS) is 15.8. The number of nitrogen functional groups attached to an aromatic ring is 1. The van der Waals surface area contributed by atoms with Gasteiger partial charge in [0.25, 0.3) is 11.5 Å². The molecule has 3 aromatic rings. The van der Waals surface area contributed by atoms with Gasteiger partial charge in [-0.05, 0) is 64.3 Å². The number of carbonyl (C=O) groups is 1. The first-order chi connectivity index (χ1) is 17.8. The monoisotopic (exact) mass is 522 g/mol. The van der Waals surface area contributed by atoms with Gasteiger partial charge in [0.1, 0.15) is 22.9 Å². The number of hydrogen-bond acceptors (Lipinski definition) is 7. The van der Waals surface area contributed by atoms with E-state index in [9.17, 15) is 19.5 Å². The highest BCUT2D eigenvalue weighted by molar-refractivity contribution is 5.99. The average molecular weight is 523 g/mol. The van der Waals surface area contributed by atoms with E-state index < -0.39 is 28.7 Å². The zero-order chi connectivity index (χ0) is 28.3. The van der Waals surface area contributed by atoms with Crippen molar-refractivity contribution >= 4 is 11.7 Å². The molecule has 38 heavy (non-hydrogen) atoms. The molecule has 2 aromatic carbocycles. The summed E-state index contributed by atoms with van der Waals surface area (Å²) in [5.74, 6) is -1.56. The van der Waals surface area contributed by atoms with Crippen LogP contribution in [-0.4, -0.2) is 39.5 Å². The number of ether oxygens (including phenoxy) is 2. The minimum atomic E-state index is -1.09. The lowest BCUT2D eigenvalue weighted by Crippen LogP contribution is -2.46. The first kappa shape index (κ1) is 27.0. The molecule has 5 N–H and O–H groups in total. The molecule has 0 fully saturated rings. The number of methoxy groups -OCH3 is 1. The number of phenols is 1. The molecule has 0 spiro atoms. The number of hydrogen-bond donors (Lipinski definition) is 3. The third-order valence-corrected chi connectivity index (χ3v) is 7.60. The van der Waals surface area contributed by atoms with Crippen molar-refractivity contribution in [2.24, 2.45) is 5.73 Å². The summed E-state index contributed by atoms with van der Waals surface area (Å²) in [5, 5.41) is 10.9. The third kappa shape index (κ3) is 3.87. The minimum Gasteiger partial charge on any atom is -0.507 e. The summed E-state index contributed by atoms with van der Waals surface area (Å²) in [6.07, 6.45) is 0. The Labute approximate surface area is 220 Å². The first-order valence-electron chi connectivity index (χ1n) is 12.3. The van der Waals surface area contributed by atoms with Gasteiger partial charge in [-0.25, -0.2) is 9.36 Å². The van der Waals surface area contributed by atoms with E-state index in [4.69, 9.17) is 20.9 Å². The number of fused-ring (bicyclic) bond motifs is 1. The molecule has 0 saturated carbocycles. The predicted molar refractivity (Wildman–Crippen MR) is 145 cm³/mol. The van der Waals surface area contributed by atoms with Gasteiger partial charge in [0.05, 0.1) is 35.9 Å². The van der Waals surface area contributed by atoms with Gasteiger partial charge in [-0.3, -0.25) is 14.2 Å². The van der Waals surface area contributed by atoms with Crippen LogP contribution in [0.4, 0.5) is 5.82 Å². The van der Waals surface area contributed by atoms with Crippen molar-refractivity contribution in [2.75, 3.05) is 19.5 Å². The number of benzene rings is 2. The zero-order valence-electron chi connectivity index (χ0n) is 22.8. The number of aromatic nitrogens is 2. The van der Waals surface area contributed by atoms with Gasteiger partial charge in [0.15, 0.2) is 0 Å². The maximum atomic E-state index is 14.0. The summed E-state index contributed by atoms with van der Waals surface area (Å²) in [5.41, 5.74) is 13.7. The van der Waals surface area contributed by atoms with Crippen molar-refractivity contribution < 1.29 is 19.4 Å². The highest BCUT2D eigenvalue weighted by atomic mass is 16.5. The van der Waals surface area contributed by atoms with Crippen LogP contribution in [0.3, 0.4) is 0 Å². The Bertz CT molecular complexity index is 1600. The van der Waals surface area contributed by atoms with Crippen LogP contribution in [-0.2, 0) is 11.3 Å². The minimum absolute atomic E-state index is 0.00214. The second-order valence-electron chi connectivity index (χ2n) is 10.3. The van der Waals surface area contributed by atoms with Gasteiger partial charge in [0, 0.05) is 18.2 Å². The number of nitrogens with two attached hydrogens (primary N) is 2. The van der Waals surface area contributed by atoms with Gasteiger partial charge < -0.3 is 26.0 Å². The fourth-order valence-corrected chi connectivity index (χ4v) is 5.46. The van der Waals surface area contributed by atoms with Crippen molar-refractivity contribution in [3.05, 3.63) is 78.0 Å². The second kappa shape index (κ2) is 9.36. The summed E-state index contributed by atoms with van der Waals surface area (Å²) >= 11 is 0. The lowest BCUT2D eigenvalue weighted by Gasteiger charge is -2.29. The van der Waals surface area contributed by atoms with Crippen LogP contribution in [0, 0.1) is 27.7 Å². The molecule has 1 aromatic heterocycles. The highest BCUT2D eigenvalue weighted by Crippen LogP contribution is 2.54. The molecule has 0 aliphatic carbocycles. The van der Waals surface area contributed by atoms with E-state index in [0.29, 0.717) is 16.8 Å². The Balaban J connectivity index is 2.18. The van der Waals surface area contributed by atoms with E-state index in [-0.39, 0.29) is 47.2 Å². The van der Waals surface area contributed by atoms with E-state index >= 15 is 0 Å². The Morgan fingerprint density at radius 3 is 2.37 bits per heavy atom. The number of primary amides is 1.